The normalized spacial score (nSPS) is 21.7. The molecule has 1 heterocycles. The van der Waals surface area contributed by atoms with Gasteiger partial charge in [-0.1, -0.05) is 30.3 Å². The molecule has 1 aliphatic heterocycles. The third-order valence-electron chi connectivity index (χ3n) is 3.99. The number of ether oxygens (including phenoxy) is 2. The Morgan fingerprint density at radius 2 is 1.96 bits per heavy atom. The Hall–Kier alpha value is -1.63. The van der Waals surface area contributed by atoms with E-state index in [0.29, 0.717) is 12.5 Å². The smallest absolute Gasteiger partial charge is 0.422 e. The highest BCUT2D eigenvalue weighted by molar-refractivity contribution is 5.67. The van der Waals surface area contributed by atoms with Crippen molar-refractivity contribution in [3.8, 4) is 0 Å². The zero-order valence-electron chi connectivity index (χ0n) is 15.0. The molecule has 6 nitrogen and oxygen atoms in total. The first-order valence-electron chi connectivity index (χ1n) is 8.40. The van der Waals surface area contributed by atoms with Crippen molar-refractivity contribution in [1.29, 1.82) is 0 Å². The van der Waals surface area contributed by atoms with Crippen LogP contribution in [0.2, 0.25) is 0 Å². The van der Waals surface area contributed by atoms with Crippen LogP contribution in [0.3, 0.4) is 0 Å². The van der Waals surface area contributed by atoms with Crippen molar-refractivity contribution in [3.63, 3.8) is 0 Å². The van der Waals surface area contributed by atoms with Gasteiger partial charge in [-0.25, -0.2) is 10.2 Å². The van der Waals surface area contributed by atoms with Crippen LogP contribution in [-0.4, -0.2) is 56.0 Å². The zero-order chi connectivity index (χ0) is 17.6. The van der Waals surface area contributed by atoms with Gasteiger partial charge in [-0.05, 0) is 26.3 Å². The molecule has 134 valence electrons. The fourth-order valence-corrected chi connectivity index (χ4v) is 2.93. The predicted octanol–water partition coefficient (Wildman–Crippen LogP) is 2.13. The number of amides is 1. The Balaban J connectivity index is 1.97. The van der Waals surface area contributed by atoms with E-state index in [1.807, 2.05) is 39.0 Å². The topological polar surface area (TPSA) is 62.8 Å². The molecule has 1 fully saturated rings. The molecule has 1 aromatic rings. The molecule has 2 atom stereocenters. The molecular weight excluding hydrogens is 306 g/mol. The molecule has 6 heteroatoms. The van der Waals surface area contributed by atoms with Crippen LogP contribution < -0.4 is 10.9 Å². The number of hydrogen-bond acceptors (Lipinski definition) is 5. The number of nitrogens with one attached hydrogen (secondary N) is 2. The van der Waals surface area contributed by atoms with E-state index in [1.165, 1.54) is 5.56 Å². The van der Waals surface area contributed by atoms with Gasteiger partial charge >= 0.3 is 6.09 Å². The summed E-state index contributed by atoms with van der Waals surface area (Å²) in [5.41, 5.74) is 6.60. The number of likely N-dealkylation sites (tertiary alicyclic amines) is 1. The molecule has 0 aliphatic carbocycles. The maximum Gasteiger partial charge on any atom is 0.422 e. The lowest BCUT2D eigenvalue weighted by molar-refractivity contribution is 0.0486. The zero-order valence-corrected chi connectivity index (χ0v) is 15.0. The van der Waals surface area contributed by atoms with Gasteiger partial charge in [-0.3, -0.25) is 10.3 Å². The second-order valence-electron chi connectivity index (χ2n) is 7.15. The Kier molecular flexibility index (Phi) is 6.60. The molecule has 0 bridgehead atoms. The van der Waals surface area contributed by atoms with E-state index in [2.05, 4.69) is 27.9 Å². The number of hydrazine groups is 1. The van der Waals surface area contributed by atoms with E-state index in [1.54, 1.807) is 7.11 Å². The minimum atomic E-state index is -0.509. The Morgan fingerprint density at radius 1 is 1.25 bits per heavy atom. The third kappa shape index (κ3) is 5.78. The van der Waals surface area contributed by atoms with Gasteiger partial charge in [-0.2, -0.15) is 0 Å². The van der Waals surface area contributed by atoms with Crippen LogP contribution >= 0.6 is 0 Å². The summed E-state index contributed by atoms with van der Waals surface area (Å²) in [4.78, 5) is 14.2. The van der Waals surface area contributed by atoms with Crippen molar-refractivity contribution in [1.82, 2.24) is 15.8 Å². The lowest BCUT2D eigenvalue weighted by atomic mass is 9.95. The fourth-order valence-electron chi connectivity index (χ4n) is 2.93. The molecule has 0 aromatic heterocycles. The SMILES string of the molecule is COCCN1C[C@@H](NNC(=O)OC(C)(C)C)[C@H](c2ccccc2)C1. The summed E-state index contributed by atoms with van der Waals surface area (Å²) >= 11 is 0. The van der Waals surface area contributed by atoms with Gasteiger partial charge in [-0.15, -0.1) is 0 Å². The molecule has 1 saturated heterocycles. The molecule has 0 unspecified atom stereocenters. The molecule has 1 amide bonds. The summed E-state index contributed by atoms with van der Waals surface area (Å²) in [6.07, 6.45) is -0.454. The molecule has 0 radical (unpaired) electrons. The molecule has 1 aliphatic rings. The molecule has 2 rings (SSSR count). The van der Waals surface area contributed by atoms with Crippen LogP contribution in [0.15, 0.2) is 30.3 Å². The van der Waals surface area contributed by atoms with Crippen molar-refractivity contribution in [2.24, 2.45) is 0 Å². The van der Waals surface area contributed by atoms with Crippen molar-refractivity contribution in [3.05, 3.63) is 35.9 Å². The Labute approximate surface area is 144 Å². The van der Waals surface area contributed by atoms with Crippen molar-refractivity contribution >= 4 is 6.09 Å². The van der Waals surface area contributed by atoms with E-state index in [0.717, 1.165) is 19.6 Å². The number of hydrogen-bond donors (Lipinski definition) is 2. The summed E-state index contributed by atoms with van der Waals surface area (Å²) in [5.74, 6) is 0.304. The summed E-state index contributed by atoms with van der Waals surface area (Å²) < 4.78 is 10.5. The average molecular weight is 335 g/mol. The first-order chi connectivity index (χ1) is 11.4. The van der Waals surface area contributed by atoms with Crippen molar-refractivity contribution in [2.45, 2.75) is 38.3 Å². The van der Waals surface area contributed by atoms with Crippen molar-refractivity contribution in [2.75, 3.05) is 33.4 Å². The second-order valence-corrected chi connectivity index (χ2v) is 7.15. The van der Waals surface area contributed by atoms with Gasteiger partial charge in [0.15, 0.2) is 0 Å². The minimum absolute atomic E-state index is 0.122. The first-order valence-corrected chi connectivity index (χ1v) is 8.40. The van der Waals surface area contributed by atoms with Crippen LogP contribution in [0.1, 0.15) is 32.3 Å². The quantitative estimate of drug-likeness (QED) is 0.780. The van der Waals surface area contributed by atoms with Crippen molar-refractivity contribution < 1.29 is 14.3 Å². The number of carbonyl (C=O) groups is 1. The van der Waals surface area contributed by atoms with Gasteiger partial charge in [0.1, 0.15) is 5.60 Å². The van der Waals surface area contributed by atoms with Gasteiger partial charge < -0.3 is 9.47 Å². The maximum absolute atomic E-state index is 11.9. The number of carbonyl (C=O) groups excluding carboxylic acids is 1. The molecule has 24 heavy (non-hydrogen) atoms. The van der Waals surface area contributed by atoms with Gasteiger partial charge in [0, 0.05) is 38.7 Å². The highest BCUT2D eigenvalue weighted by atomic mass is 16.6. The molecular formula is C18H29N3O3. The number of benzene rings is 1. The van der Waals surface area contributed by atoms with Crippen LogP contribution in [0.25, 0.3) is 0 Å². The number of methoxy groups -OCH3 is 1. The van der Waals surface area contributed by atoms with E-state index in [4.69, 9.17) is 9.47 Å². The summed E-state index contributed by atoms with van der Waals surface area (Å²) in [5, 5.41) is 0. The monoisotopic (exact) mass is 335 g/mol. The molecule has 0 saturated carbocycles. The first kappa shape index (κ1) is 18.7. The van der Waals surface area contributed by atoms with Crippen LogP contribution in [0.5, 0.6) is 0 Å². The van der Waals surface area contributed by atoms with E-state index >= 15 is 0 Å². The average Bonchev–Trinajstić information content (AvgIpc) is 2.93. The van der Waals surface area contributed by atoms with E-state index in [-0.39, 0.29) is 6.04 Å². The minimum Gasteiger partial charge on any atom is -0.443 e. The highest BCUT2D eigenvalue weighted by Gasteiger charge is 2.34. The van der Waals surface area contributed by atoms with Gasteiger partial charge in [0.05, 0.1) is 6.61 Å². The predicted molar refractivity (Wildman–Crippen MR) is 93.8 cm³/mol. The number of nitrogens with zero attached hydrogens (tertiary/aromatic N) is 1. The lowest BCUT2D eigenvalue weighted by Crippen LogP contribution is -2.49. The van der Waals surface area contributed by atoms with Crippen LogP contribution in [0.4, 0.5) is 4.79 Å². The van der Waals surface area contributed by atoms with Gasteiger partial charge in [0.25, 0.3) is 0 Å². The van der Waals surface area contributed by atoms with Crippen LogP contribution in [0, 0.1) is 0 Å². The standard InChI is InChI=1S/C18H29N3O3/c1-18(2,3)24-17(22)20-19-16-13-21(10-11-23-4)12-15(16)14-8-6-5-7-9-14/h5-9,15-16,19H,10-13H2,1-4H3,(H,20,22)/t15-,16+/m0/s1. The second kappa shape index (κ2) is 8.46. The van der Waals surface area contributed by atoms with Crippen LogP contribution in [-0.2, 0) is 9.47 Å². The molecule has 2 N–H and O–H groups in total. The van der Waals surface area contributed by atoms with E-state index in [9.17, 15) is 4.79 Å². The Bertz CT molecular complexity index is 516. The summed E-state index contributed by atoms with van der Waals surface area (Å²) in [7, 11) is 1.71. The van der Waals surface area contributed by atoms with E-state index < -0.39 is 11.7 Å². The largest absolute Gasteiger partial charge is 0.443 e. The maximum atomic E-state index is 11.9. The Morgan fingerprint density at radius 3 is 2.58 bits per heavy atom. The highest BCUT2D eigenvalue weighted by Crippen LogP contribution is 2.27. The molecule has 0 spiro atoms. The summed E-state index contributed by atoms with van der Waals surface area (Å²) in [6, 6.07) is 10.5. The fraction of sp³-hybridized carbons (Fsp3) is 0.611. The van der Waals surface area contributed by atoms with Gasteiger partial charge in [0.2, 0.25) is 0 Å². The third-order valence-corrected chi connectivity index (χ3v) is 3.99. The summed E-state index contributed by atoms with van der Waals surface area (Å²) in [6.45, 7) is 8.90. The lowest BCUT2D eigenvalue weighted by Gasteiger charge is -2.23. The molecule has 1 aromatic carbocycles. The number of rotatable bonds is 6.